The van der Waals surface area contributed by atoms with Gasteiger partial charge in [-0.3, -0.25) is 14.6 Å². The number of carbonyl (C=O) groups excluding carboxylic acids is 2. The van der Waals surface area contributed by atoms with Gasteiger partial charge in [-0.15, -0.1) is 0 Å². The van der Waals surface area contributed by atoms with Crippen LogP contribution in [-0.4, -0.2) is 41.3 Å². The normalized spacial score (nSPS) is 15.2. The fourth-order valence-corrected chi connectivity index (χ4v) is 3.38. The molecule has 0 spiro atoms. The molecule has 2 aromatic heterocycles. The molecule has 3 heterocycles. The van der Waals surface area contributed by atoms with Crippen molar-refractivity contribution in [1.29, 1.82) is 0 Å². The molecule has 6 heteroatoms. The number of nitrogens with zero attached hydrogens (tertiary/aromatic N) is 2. The molecule has 2 amide bonds. The van der Waals surface area contributed by atoms with Gasteiger partial charge in [0.15, 0.2) is 5.76 Å². The third-order valence-corrected chi connectivity index (χ3v) is 4.88. The van der Waals surface area contributed by atoms with Crippen molar-refractivity contribution < 1.29 is 14.0 Å². The largest absolute Gasteiger partial charge is 0.459 e. The molecule has 0 aliphatic carbocycles. The van der Waals surface area contributed by atoms with E-state index in [-0.39, 0.29) is 17.7 Å². The fourth-order valence-electron chi connectivity index (χ4n) is 3.38. The van der Waals surface area contributed by atoms with Crippen molar-refractivity contribution in [3.63, 3.8) is 0 Å². The Morgan fingerprint density at radius 3 is 2.63 bits per heavy atom. The Labute approximate surface area is 160 Å². The van der Waals surface area contributed by atoms with E-state index in [0.29, 0.717) is 36.9 Å². The topological polar surface area (TPSA) is 75.4 Å². The molecule has 1 aliphatic rings. The first kappa shape index (κ1) is 19.1. The number of nitrogens with one attached hydrogen (secondary N) is 1. The first-order valence-electron chi connectivity index (χ1n) is 9.54. The lowest BCUT2D eigenvalue weighted by Gasteiger charge is -2.32. The van der Waals surface area contributed by atoms with E-state index >= 15 is 0 Å². The summed E-state index contributed by atoms with van der Waals surface area (Å²) in [6.07, 6.45) is 3.08. The molecule has 0 atom stereocenters. The average Bonchev–Trinajstić information content (AvgIpc) is 3.20. The number of pyridine rings is 1. The van der Waals surface area contributed by atoms with Crippen LogP contribution in [-0.2, 0) is 0 Å². The highest BCUT2D eigenvalue weighted by atomic mass is 16.3. The van der Waals surface area contributed by atoms with Crippen molar-refractivity contribution in [3.8, 4) is 0 Å². The van der Waals surface area contributed by atoms with Crippen molar-refractivity contribution in [2.24, 2.45) is 5.92 Å². The van der Waals surface area contributed by atoms with Crippen molar-refractivity contribution in [3.05, 3.63) is 53.2 Å². The number of furan rings is 1. The molecule has 6 nitrogen and oxygen atoms in total. The van der Waals surface area contributed by atoms with Gasteiger partial charge in [-0.05, 0) is 49.9 Å². The minimum Gasteiger partial charge on any atom is -0.459 e. The molecule has 0 saturated carbocycles. The molecule has 144 valence electrons. The second-order valence-electron chi connectivity index (χ2n) is 7.53. The minimum absolute atomic E-state index is 0.0692. The van der Waals surface area contributed by atoms with Gasteiger partial charge in [-0.2, -0.15) is 0 Å². The zero-order valence-corrected chi connectivity index (χ0v) is 16.2. The standard InChI is InChI=1S/C21H27N3O3/c1-14(2)13-22-20(25)17-7-6-15(3)23-19(17)16-8-10-24(11-9-16)21(26)18-5-4-12-27-18/h4-7,12,14,16H,8-11,13H2,1-3H3,(H,22,25). The molecule has 0 aromatic carbocycles. The molecule has 0 radical (unpaired) electrons. The Hall–Kier alpha value is -2.63. The Balaban J connectivity index is 1.71. The van der Waals surface area contributed by atoms with E-state index in [1.807, 2.05) is 24.0 Å². The van der Waals surface area contributed by atoms with Gasteiger partial charge in [0.25, 0.3) is 11.8 Å². The highest BCUT2D eigenvalue weighted by molar-refractivity contribution is 5.95. The summed E-state index contributed by atoms with van der Waals surface area (Å²) in [5.41, 5.74) is 2.40. The third kappa shape index (κ3) is 4.56. The molecule has 27 heavy (non-hydrogen) atoms. The van der Waals surface area contributed by atoms with E-state index < -0.39 is 0 Å². The smallest absolute Gasteiger partial charge is 0.289 e. The van der Waals surface area contributed by atoms with Gasteiger partial charge in [0.05, 0.1) is 17.5 Å². The van der Waals surface area contributed by atoms with Crippen LogP contribution in [0, 0.1) is 12.8 Å². The van der Waals surface area contributed by atoms with Crippen molar-refractivity contribution >= 4 is 11.8 Å². The summed E-state index contributed by atoms with van der Waals surface area (Å²) in [4.78, 5) is 31.5. The number of hydrogen-bond donors (Lipinski definition) is 1. The number of amides is 2. The van der Waals surface area contributed by atoms with Crippen LogP contribution in [0.2, 0.25) is 0 Å². The Morgan fingerprint density at radius 1 is 1.26 bits per heavy atom. The van der Waals surface area contributed by atoms with Crippen LogP contribution in [0.3, 0.4) is 0 Å². The van der Waals surface area contributed by atoms with Gasteiger partial charge >= 0.3 is 0 Å². The van der Waals surface area contributed by atoms with Gasteiger partial charge in [-0.1, -0.05) is 13.8 Å². The molecular formula is C21H27N3O3. The van der Waals surface area contributed by atoms with Gasteiger partial charge in [-0.25, -0.2) is 0 Å². The Morgan fingerprint density at radius 2 is 2.00 bits per heavy atom. The number of aromatic nitrogens is 1. The van der Waals surface area contributed by atoms with Gasteiger partial charge in [0.1, 0.15) is 0 Å². The lowest BCUT2D eigenvalue weighted by molar-refractivity contribution is 0.0678. The minimum atomic E-state index is -0.0782. The monoisotopic (exact) mass is 369 g/mol. The zero-order chi connectivity index (χ0) is 19.4. The fraction of sp³-hybridized carbons (Fsp3) is 0.476. The van der Waals surface area contributed by atoms with Crippen LogP contribution in [0.15, 0.2) is 34.9 Å². The molecule has 2 aromatic rings. The van der Waals surface area contributed by atoms with Gasteiger partial charge in [0.2, 0.25) is 0 Å². The predicted octanol–water partition coefficient (Wildman–Crippen LogP) is 3.39. The lowest BCUT2D eigenvalue weighted by Crippen LogP contribution is -2.38. The van der Waals surface area contributed by atoms with Crippen LogP contribution < -0.4 is 5.32 Å². The summed E-state index contributed by atoms with van der Waals surface area (Å²) in [7, 11) is 0. The SMILES string of the molecule is Cc1ccc(C(=O)NCC(C)C)c(C2CCN(C(=O)c3ccco3)CC2)n1. The first-order valence-corrected chi connectivity index (χ1v) is 9.54. The molecule has 3 rings (SSSR count). The first-order chi connectivity index (χ1) is 13.0. The lowest BCUT2D eigenvalue weighted by atomic mass is 9.89. The number of carbonyl (C=O) groups is 2. The predicted molar refractivity (Wildman–Crippen MR) is 103 cm³/mol. The van der Waals surface area contributed by atoms with Crippen molar-refractivity contribution in [2.75, 3.05) is 19.6 Å². The highest BCUT2D eigenvalue weighted by Crippen LogP contribution is 2.30. The maximum atomic E-state index is 12.6. The maximum absolute atomic E-state index is 12.6. The van der Waals surface area contributed by atoms with E-state index in [9.17, 15) is 9.59 Å². The molecule has 1 N–H and O–H groups in total. The summed E-state index contributed by atoms with van der Waals surface area (Å²) in [6, 6.07) is 7.16. The van der Waals surface area contributed by atoms with E-state index in [2.05, 4.69) is 24.1 Å². The number of aryl methyl sites for hydroxylation is 1. The van der Waals surface area contributed by atoms with E-state index in [0.717, 1.165) is 24.2 Å². The maximum Gasteiger partial charge on any atom is 0.289 e. The van der Waals surface area contributed by atoms with Crippen molar-refractivity contribution in [1.82, 2.24) is 15.2 Å². The molecule has 1 aliphatic heterocycles. The van der Waals surface area contributed by atoms with E-state index in [1.54, 1.807) is 12.1 Å². The van der Waals surface area contributed by atoms with Crippen LogP contribution in [0.25, 0.3) is 0 Å². The summed E-state index contributed by atoms with van der Waals surface area (Å²) in [6.45, 7) is 7.98. The second kappa shape index (κ2) is 8.37. The molecular weight excluding hydrogens is 342 g/mol. The average molecular weight is 369 g/mol. The quantitative estimate of drug-likeness (QED) is 0.877. The zero-order valence-electron chi connectivity index (χ0n) is 16.2. The number of likely N-dealkylation sites (tertiary alicyclic amines) is 1. The number of piperidine rings is 1. The van der Waals surface area contributed by atoms with E-state index in [1.165, 1.54) is 6.26 Å². The third-order valence-electron chi connectivity index (χ3n) is 4.88. The van der Waals surface area contributed by atoms with Gasteiger partial charge < -0.3 is 14.6 Å². The van der Waals surface area contributed by atoms with Crippen molar-refractivity contribution in [2.45, 2.75) is 39.5 Å². The van der Waals surface area contributed by atoms with Crippen LogP contribution in [0.1, 0.15) is 64.9 Å². The second-order valence-corrected chi connectivity index (χ2v) is 7.53. The molecule has 1 saturated heterocycles. The molecule has 0 bridgehead atoms. The van der Waals surface area contributed by atoms with Crippen LogP contribution >= 0.6 is 0 Å². The number of hydrogen-bond acceptors (Lipinski definition) is 4. The highest BCUT2D eigenvalue weighted by Gasteiger charge is 2.29. The summed E-state index contributed by atoms with van der Waals surface area (Å²) < 4.78 is 5.22. The summed E-state index contributed by atoms with van der Waals surface area (Å²) in [5.74, 6) is 0.790. The van der Waals surface area contributed by atoms with Crippen LogP contribution in [0.5, 0.6) is 0 Å². The summed E-state index contributed by atoms with van der Waals surface area (Å²) >= 11 is 0. The molecule has 0 unspecified atom stereocenters. The molecule has 1 fully saturated rings. The summed E-state index contributed by atoms with van der Waals surface area (Å²) in [5, 5.41) is 2.99. The number of rotatable bonds is 5. The van der Waals surface area contributed by atoms with Crippen LogP contribution in [0.4, 0.5) is 0 Å². The Kier molecular flexibility index (Phi) is 5.94. The van der Waals surface area contributed by atoms with E-state index in [4.69, 9.17) is 4.42 Å². The van der Waals surface area contributed by atoms with Gasteiger partial charge in [0, 0.05) is 31.2 Å². The Bertz CT molecular complexity index is 791.